The molecule has 1 amide bonds. The molecule has 1 aromatic rings. The second kappa shape index (κ2) is 9.91. The molecule has 2 rings (SSSR count). The highest BCUT2D eigenvalue weighted by Gasteiger charge is 2.24. The van der Waals surface area contributed by atoms with Gasteiger partial charge in [-0.1, -0.05) is 13.8 Å². The standard InChI is InChI=1S/C20H28FN5O/c1-4-23-20(24-13-16-11-15(12-22)5-6-18(16)21)25-17-7-9-26(10-8-17)19(27)14(2)3/h5-6,11,14,17H,4,7-10,13H2,1-3H3,(H2,23,24,25). The first-order valence-electron chi connectivity index (χ1n) is 9.46. The monoisotopic (exact) mass is 373 g/mol. The van der Waals surface area contributed by atoms with E-state index in [4.69, 9.17) is 5.26 Å². The number of guanidine groups is 1. The van der Waals surface area contributed by atoms with Crippen molar-refractivity contribution in [2.75, 3.05) is 19.6 Å². The van der Waals surface area contributed by atoms with Gasteiger partial charge in [0.05, 0.1) is 18.2 Å². The molecular weight excluding hydrogens is 345 g/mol. The zero-order chi connectivity index (χ0) is 19.8. The predicted octanol–water partition coefficient (Wildman–Crippen LogP) is 2.40. The molecule has 7 heteroatoms. The third-order valence-corrected chi connectivity index (χ3v) is 4.57. The quantitative estimate of drug-likeness (QED) is 0.613. The van der Waals surface area contributed by atoms with Crippen LogP contribution in [0, 0.1) is 23.1 Å². The summed E-state index contributed by atoms with van der Waals surface area (Å²) < 4.78 is 13.9. The molecule has 1 aromatic carbocycles. The zero-order valence-electron chi connectivity index (χ0n) is 16.3. The first-order chi connectivity index (χ1) is 12.9. The molecule has 146 valence electrons. The van der Waals surface area contributed by atoms with Gasteiger partial charge in [0.1, 0.15) is 5.82 Å². The number of likely N-dealkylation sites (tertiary alicyclic amines) is 1. The first kappa shape index (κ1) is 20.7. The number of hydrogen-bond donors (Lipinski definition) is 2. The molecule has 0 radical (unpaired) electrons. The number of hydrogen-bond acceptors (Lipinski definition) is 3. The van der Waals surface area contributed by atoms with Crippen LogP contribution in [0.3, 0.4) is 0 Å². The first-order valence-corrected chi connectivity index (χ1v) is 9.46. The van der Waals surface area contributed by atoms with Crippen molar-refractivity contribution in [2.24, 2.45) is 10.9 Å². The summed E-state index contributed by atoms with van der Waals surface area (Å²) in [6, 6.07) is 6.51. The summed E-state index contributed by atoms with van der Waals surface area (Å²) in [7, 11) is 0. The number of piperidine rings is 1. The van der Waals surface area contributed by atoms with E-state index in [-0.39, 0.29) is 30.2 Å². The van der Waals surface area contributed by atoms with Crippen LogP contribution in [-0.4, -0.2) is 42.4 Å². The molecule has 1 fully saturated rings. The third kappa shape index (κ3) is 5.95. The Kier molecular flexibility index (Phi) is 7.59. The number of carbonyl (C=O) groups excluding carboxylic acids is 1. The number of amides is 1. The van der Waals surface area contributed by atoms with E-state index in [2.05, 4.69) is 15.6 Å². The minimum absolute atomic E-state index is 0.0208. The summed E-state index contributed by atoms with van der Waals surface area (Å²) >= 11 is 0. The minimum atomic E-state index is -0.367. The summed E-state index contributed by atoms with van der Waals surface area (Å²) in [6.07, 6.45) is 1.70. The van der Waals surface area contributed by atoms with E-state index in [1.165, 1.54) is 18.2 Å². The zero-order valence-corrected chi connectivity index (χ0v) is 16.3. The van der Waals surface area contributed by atoms with E-state index in [0.717, 1.165) is 25.9 Å². The highest BCUT2D eigenvalue weighted by Crippen LogP contribution is 2.14. The van der Waals surface area contributed by atoms with Gasteiger partial charge in [-0.3, -0.25) is 4.79 Å². The predicted molar refractivity (Wildman–Crippen MR) is 104 cm³/mol. The second-order valence-electron chi connectivity index (χ2n) is 7.01. The summed E-state index contributed by atoms with van der Waals surface area (Å²) in [5.74, 6) is 0.469. The van der Waals surface area contributed by atoms with Crippen LogP contribution in [0.2, 0.25) is 0 Å². The van der Waals surface area contributed by atoms with Gasteiger partial charge >= 0.3 is 0 Å². The Hall–Kier alpha value is -2.62. The summed E-state index contributed by atoms with van der Waals surface area (Å²) in [5.41, 5.74) is 0.811. The summed E-state index contributed by atoms with van der Waals surface area (Å²) in [6.45, 7) is 8.11. The van der Waals surface area contributed by atoms with E-state index in [9.17, 15) is 9.18 Å². The van der Waals surface area contributed by atoms with Crippen molar-refractivity contribution >= 4 is 11.9 Å². The SMILES string of the molecule is CCNC(=NCc1cc(C#N)ccc1F)NC1CCN(C(=O)C(C)C)CC1. The number of carbonyl (C=O) groups is 1. The number of nitrogens with zero attached hydrogens (tertiary/aromatic N) is 3. The largest absolute Gasteiger partial charge is 0.357 e. The fourth-order valence-corrected chi connectivity index (χ4v) is 3.05. The molecule has 2 N–H and O–H groups in total. The molecule has 27 heavy (non-hydrogen) atoms. The average Bonchev–Trinajstić information content (AvgIpc) is 2.67. The molecule has 0 saturated carbocycles. The smallest absolute Gasteiger partial charge is 0.225 e. The van der Waals surface area contributed by atoms with Gasteiger partial charge < -0.3 is 15.5 Å². The molecule has 0 atom stereocenters. The molecule has 6 nitrogen and oxygen atoms in total. The minimum Gasteiger partial charge on any atom is -0.357 e. The van der Waals surface area contributed by atoms with Crippen LogP contribution in [0.1, 0.15) is 44.7 Å². The van der Waals surface area contributed by atoms with Crippen molar-refractivity contribution in [3.8, 4) is 6.07 Å². The van der Waals surface area contributed by atoms with Crippen LogP contribution in [0.25, 0.3) is 0 Å². The fourth-order valence-electron chi connectivity index (χ4n) is 3.05. The highest BCUT2D eigenvalue weighted by molar-refractivity contribution is 5.80. The Bertz CT molecular complexity index is 718. The van der Waals surface area contributed by atoms with E-state index >= 15 is 0 Å². The van der Waals surface area contributed by atoms with E-state index in [1.54, 1.807) is 0 Å². The number of nitriles is 1. The van der Waals surface area contributed by atoms with Gasteiger partial charge in [-0.15, -0.1) is 0 Å². The average molecular weight is 373 g/mol. The maximum atomic E-state index is 13.9. The molecule has 0 aromatic heterocycles. The molecule has 1 aliphatic heterocycles. The fraction of sp³-hybridized carbons (Fsp3) is 0.550. The van der Waals surface area contributed by atoms with Crippen LogP contribution in [0.4, 0.5) is 4.39 Å². The molecule has 1 heterocycles. The van der Waals surface area contributed by atoms with Crippen molar-refractivity contribution in [1.29, 1.82) is 5.26 Å². The molecule has 0 unspecified atom stereocenters. The van der Waals surface area contributed by atoms with Crippen molar-refractivity contribution in [1.82, 2.24) is 15.5 Å². The van der Waals surface area contributed by atoms with Crippen molar-refractivity contribution in [3.05, 3.63) is 35.1 Å². The Morgan fingerprint density at radius 1 is 1.41 bits per heavy atom. The Labute approximate surface area is 160 Å². The third-order valence-electron chi connectivity index (χ3n) is 4.57. The molecule has 1 saturated heterocycles. The lowest BCUT2D eigenvalue weighted by molar-refractivity contribution is -0.135. The maximum Gasteiger partial charge on any atom is 0.225 e. The van der Waals surface area contributed by atoms with Gasteiger partial charge in [0.15, 0.2) is 5.96 Å². The number of benzene rings is 1. The second-order valence-corrected chi connectivity index (χ2v) is 7.01. The van der Waals surface area contributed by atoms with Crippen molar-refractivity contribution in [3.63, 3.8) is 0 Å². The Morgan fingerprint density at radius 3 is 2.70 bits per heavy atom. The molecular formula is C20H28FN5O. The van der Waals surface area contributed by atoms with Gasteiger partial charge in [-0.25, -0.2) is 9.38 Å². The number of nitrogens with one attached hydrogen (secondary N) is 2. The molecule has 1 aliphatic rings. The lowest BCUT2D eigenvalue weighted by Crippen LogP contribution is -2.50. The lowest BCUT2D eigenvalue weighted by Gasteiger charge is -2.34. The van der Waals surface area contributed by atoms with Crippen LogP contribution < -0.4 is 10.6 Å². The molecule has 0 aliphatic carbocycles. The highest BCUT2D eigenvalue weighted by atomic mass is 19.1. The molecule has 0 bridgehead atoms. The van der Waals surface area contributed by atoms with Gasteiger partial charge in [-0.2, -0.15) is 5.26 Å². The van der Waals surface area contributed by atoms with Crippen LogP contribution in [0.15, 0.2) is 23.2 Å². The maximum absolute atomic E-state index is 13.9. The lowest BCUT2D eigenvalue weighted by atomic mass is 10.0. The molecule has 0 spiro atoms. The Balaban J connectivity index is 1.97. The Morgan fingerprint density at radius 2 is 2.11 bits per heavy atom. The van der Waals surface area contributed by atoms with Gasteiger partial charge in [0, 0.05) is 37.2 Å². The van der Waals surface area contributed by atoms with Crippen LogP contribution >= 0.6 is 0 Å². The summed E-state index contributed by atoms with van der Waals surface area (Å²) in [4.78, 5) is 18.5. The number of aliphatic imine (C=N–C) groups is 1. The van der Waals surface area contributed by atoms with Gasteiger partial charge in [-0.05, 0) is 38.0 Å². The number of rotatable bonds is 5. The van der Waals surface area contributed by atoms with E-state index in [1.807, 2.05) is 31.7 Å². The van der Waals surface area contributed by atoms with Gasteiger partial charge in [0.2, 0.25) is 5.91 Å². The summed E-state index contributed by atoms with van der Waals surface area (Å²) in [5, 5.41) is 15.5. The topological polar surface area (TPSA) is 80.5 Å². The van der Waals surface area contributed by atoms with Gasteiger partial charge in [0.25, 0.3) is 0 Å². The van der Waals surface area contributed by atoms with E-state index in [0.29, 0.717) is 23.6 Å². The number of halogens is 1. The van der Waals surface area contributed by atoms with Crippen molar-refractivity contribution in [2.45, 2.75) is 46.2 Å². The normalized spacial score (nSPS) is 15.6. The van der Waals surface area contributed by atoms with Crippen LogP contribution in [-0.2, 0) is 11.3 Å². The van der Waals surface area contributed by atoms with E-state index < -0.39 is 0 Å². The van der Waals surface area contributed by atoms with Crippen molar-refractivity contribution < 1.29 is 9.18 Å². The van der Waals surface area contributed by atoms with Crippen LogP contribution in [0.5, 0.6) is 0 Å².